The normalized spacial score (nSPS) is 11.8. The van der Waals surface area contributed by atoms with Gasteiger partial charge in [0.15, 0.2) is 0 Å². The zero-order valence-electron chi connectivity index (χ0n) is 12.4. The van der Waals surface area contributed by atoms with Gasteiger partial charge in [0.2, 0.25) is 0 Å². The van der Waals surface area contributed by atoms with Gasteiger partial charge < -0.3 is 19.5 Å². The van der Waals surface area contributed by atoms with Crippen molar-refractivity contribution in [2.45, 2.75) is 32.7 Å². The fourth-order valence-electron chi connectivity index (χ4n) is 1.18. The average Bonchev–Trinajstić information content (AvgIpc) is 2.29. The summed E-state index contributed by atoms with van der Waals surface area (Å²) in [5.74, 6) is 0. The number of rotatable bonds is 11. The minimum Gasteiger partial charge on any atom is -0.385 e. The third kappa shape index (κ3) is 13.6. The first-order chi connectivity index (χ1) is 8.45. The molecule has 0 fully saturated rings. The Morgan fingerprint density at radius 3 is 2.33 bits per heavy atom. The Morgan fingerprint density at radius 2 is 1.72 bits per heavy atom. The van der Waals surface area contributed by atoms with Crippen LogP contribution in [0.5, 0.6) is 0 Å². The van der Waals surface area contributed by atoms with Gasteiger partial charge in [0, 0.05) is 32.4 Å². The molecule has 18 heavy (non-hydrogen) atoms. The highest BCUT2D eigenvalue weighted by molar-refractivity contribution is 4.98. The van der Waals surface area contributed by atoms with Crippen molar-refractivity contribution in [1.82, 2.24) is 5.32 Å². The lowest BCUT2D eigenvalue weighted by atomic mass is 10.1. The smallest absolute Gasteiger partial charge is 0.0704 e. The van der Waals surface area contributed by atoms with Crippen LogP contribution in [0.4, 0.5) is 0 Å². The molecule has 0 saturated carbocycles. The zero-order chi connectivity index (χ0) is 13.9. The molecule has 0 radical (unpaired) electrons. The van der Waals surface area contributed by atoms with Gasteiger partial charge in [0.1, 0.15) is 0 Å². The van der Waals surface area contributed by atoms with Gasteiger partial charge in [-0.15, -0.1) is 0 Å². The number of hydrogen-bond donors (Lipinski definition) is 1. The summed E-state index contributed by atoms with van der Waals surface area (Å²) in [6.07, 6.45) is 0.929. The van der Waals surface area contributed by atoms with Crippen LogP contribution in [0.1, 0.15) is 27.2 Å². The lowest BCUT2D eigenvalue weighted by Gasteiger charge is -2.21. The number of methoxy groups -OCH3 is 1. The van der Waals surface area contributed by atoms with E-state index in [1.165, 1.54) is 0 Å². The van der Waals surface area contributed by atoms with Crippen LogP contribution in [0.3, 0.4) is 0 Å². The summed E-state index contributed by atoms with van der Waals surface area (Å²) in [6, 6.07) is 0. The first-order valence-electron chi connectivity index (χ1n) is 6.52. The summed E-state index contributed by atoms with van der Waals surface area (Å²) in [4.78, 5) is 0. The van der Waals surface area contributed by atoms with Crippen LogP contribution in [0.25, 0.3) is 0 Å². The highest BCUT2D eigenvalue weighted by Crippen LogP contribution is 2.00. The van der Waals surface area contributed by atoms with Crippen molar-refractivity contribution >= 4 is 0 Å². The molecular weight excluding hydrogens is 230 g/mol. The van der Waals surface area contributed by atoms with Crippen molar-refractivity contribution in [2.75, 3.05) is 46.7 Å². The van der Waals surface area contributed by atoms with E-state index in [2.05, 4.69) is 32.7 Å². The molecule has 0 rings (SSSR count). The van der Waals surface area contributed by atoms with Gasteiger partial charge in [-0.2, -0.15) is 0 Å². The molecule has 4 nitrogen and oxygen atoms in total. The molecule has 0 aromatic carbocycles. The molecule has 0 unspecified atom stereocenters. The quantitative estimate of drug-likeness (QED) is 0.455. The zero-order valence-corrected chi connectivity index (χ0v) is 12.4. The Kier molecular flexibility index (Phi) is 10.3. The molecule has 0 aromatic heterocycles. The van der Waals surface area contributed by atoms with Crippen molar-refractivity contribution in [3.05, 3.63) is 12.2 Å². The topological polar surface area (TPSA) is 39.7 Å². The Bertz CT molecular complexity index is 212. The molecule has 1 N–H and O–H groups in total. The van der Waals surface area contributed by atoms with Crippen molar-refractivity contribution in [3.8, 4) is 0 Å². The van der Waals surface area contributed by atoms with E-state index >= 15 is 0 Å². The summed E-state index contributed by atoms with van der Waals surface area (Å²) in [5, 5.41) is 3.37. The summed E-state index contributed by atoms with van der Waals surface area (Å²) >= 11 is 0. The van der Waals surface area contributed by atoms with Crippen molar-refractivity contribution in [3.63, 3.8) is 0 Å². The maximum Gasteiger partial charge on any atom is 0.0704 e. The Labute approximate surface area is 112 Å². The van der Waals surface area contributed by atoms with Crippen LogP contribution in [0.2, 0.25) is 0 Å². The van der Waals surface area contributed by atoms with Crippen LogP contribution in [0, 0.1) is 0 Å². The summed E-state index contributed by atoms with van der Waals surface area (Å²) in [7, 11) is 1.69. The van der Waals surface area contributed by atoms with Gasteiger partial charge in [-0.3, -0.25) is 0 Å². The van der Waals surface area contributed by atoms with Gasteiger partial charge in [0.05, 0.1) is 19.8 Å². The SMILES string of the molecule is C=C(CNC(C)(C)C)COCCOCCCOC. The third-order valence-corrected chi connectivity index (χ3v) is 2.18. The standard InChI is InChI=1S/C14H29NO3/c1-13(11-15-14(2,3)4)12-18-10-9-17-8-6-7-16-5/h15H,1,6-12H2,2-5H3. The number of hydrogen-bond acceptors (Lipinski definition) is 4. The van der Waals surface area contributed by atoms with E-state index in [0.717, 1.165) is 31.8 Å². The highest BCUT2D eigenvalue weighted by Gasteiger charge is 2.08. The van der Waals surface area contributed by atoms with Gasteiger partial charge in [-0.05, 0) is 32.8 Å². The largest absolute Gasteiger partial charge is 0.385 e. The van der Waals surface area contributed by atoms with E-state index in [-0.39, 0.29) is 5.54 Å². The predicted octanol–water partition coefficient (Wildman–Crippen LogP) is 2.00. The van der Waals surface area contributed by atoms with Crippen molar-refractivity contribution in [1.29, 1.82) is 0 Å². The molecule has 0 spiro atoms. The molecule has 0 aliphatic carbocycles. The molecule has 0 atom stereocenters. The fourth-order valence-corrected chi connectivity index (χ4v) is 1.18. The van der Waals surface area contributed by atoms with Crippen molar-refractivity contribution < 1.29 is 14.2 Å². The van der Waals surface area contributed by atoms with Gasteiger partial charge in [-0.25, -0.2) is 0 Å². The molecule has 0 aromatic rings. The maximum absolute atomic E-state index is 5.47. The maximum atomic E-state index is 5.47. The second-order valence-corrected chi connectivity index (χ2v) is 5.36. The van der Waals surface area contributed by atoms with Gasteiger partial charge >= 0.3 is 0 Å². The van der Waals surface area contributed by atoms with Crippen LogP contribution >= 0.6 is 0 Å². The Hall–Kier alpha value is -0.420. The Balaban J connectivity index is 3.25. The third-order valence-electron chi connectivity index (χ3n) is 2.18. The molecule has 0 amide bonds. The summed E-state index contributed by atoms with van der Waals surface area (Å²) in [6.45, 7) is 14.5. The predicted molar refractivity (Wildman–Crippen MR) is 75.0 cm³/mol. The minimum absolute atomic E-state index is 0.118. The lowest BCUT2D eigenvalue weighted by Crippen LogP contribution is -2.37. The summed E-state index contributed by atoms with van der Waals surface area (Å²) < 4.78 is 15.8. The van der Waals surface area contributed by atoms with E-state index < -0.39 is 0 Å². The van der Waals surface area contributed by atoms with E-state index in [1.807, 2.05) is 0 Å². The minimum atomic E-state index is 0.118. The molecule has 0 saturated heterocycles. The van der Waals surface area contributed by atoms with Gasteiger partial charge in [-0.1, -0.05) is 6.58 Å². The van der Waals surface area contributed by atoms with Crippen LogP contribution in [-0.4, -0.2) is 52.2 Å². The average molecular weight is 259 g/mol. The fraction of sp³-hybridized carbons (Fsp3) is 0.857. The first-order valence-corrected chi connectivity index (χ1v) is 6.52. The molecule has 0 heterocycles. The van der Waals surface area contributed by atoms with E-state index in [0.29, 0.717) is 19.8 Å². The van der Waals surface area contributed by atoms with Crippen molar-refractivity contribution in [2.24, 2.45) is 0 Å². The molecule has 0 aliphatic heterocycles. The van der Waals surface area contributed by atoms with Crippen LogP contribution in [-0.2, 0) is 14.2 Å². The van der Waals surface area contributed by atoms with E-state index in [1.54, 1.807) is 7.11 Å². The second-order valence-electron chi connectivity index (χ2n) is 5.36. The van der Waals surface area contributed by atoms with E-state index in [9.17, 15) is 0 Å². The van der Waals surface area contributed by atoms with Crippen LogP contribution in [0.15, 0.2) is 12.2 Å². The number of ether oxygens (including phenoxy) is 3. The molecule has 0 bridgehead atoms. The monoisotopic (exact) mass is 259 g/mol. The second kappa shape index (κ2) is 10.5. The van der Waals surface area contributed by atoms with Crippen LogP contribution < -0.4 is 5.32 Å². The molecule has 0 aliphatic rings. The van der Waals surface area contributed by atoms with Gasteiger partial charge in [0.25, 0.3) is 0 Å². The molecular formula is C14H29NO3. The highest BCUT2D eigenvalue weighted by atomic mass is 16.5. The van der Waals surface area contributed by atoms with E-state index in [4.69, 9.17) is 14.2 Å². The summed E-state index contributed by atoms with van der Waals surface area (Å²) in [5.41, 5.74) is 1.18. The molecule has 4 heteroatoms. The lowest BCUT2D eigenvalue weighted by molar-refractivity contribution is 0.0466. The Morgan fingerprint density at radius 1 is 1.06 bits per heavy atom. The number of nitrogens with one attached hydrogen (secondary N) is 1. The molecule has 108 valence electrons. The first kappa shape index (κ1) is 17.6.